The Bertz CT molecular complexity index is 549. The van der Waals surface area contributed by atoms with Gasteiger partial charge < -0.3 is 10.6 Å². The molecule has 3 rings (SSSR count). The van der Waals surface area contributed by atoms with Crippen LogP contribution < -0.4 is 10.6 Å². The van der Waals surface area contributed by atoms with Gasteiger partial charge in [-0.25, -0.2) is 9.97 Å². The zero-order chi connectivity index (χ0) is 13.8. The van der Waals surface area contributed by atoms with Gasteiger partial charge in [0.25, 0.3) is 0 Å². The van der Waals surface area contributed by atoms with Crippen molar-refractivity contribution in [3.05, 3.63) is 48.3 Å². The van der Waals surface area contributed by atoms with Crippen LogP contribution >= 0.6 is 0 Å². The molecule has 2 N–H and O–H groups in total. The number of nitrogens with two attached hydrogens (primary N) is 1. The molecule has 0 radical (unpaired) electrons. The minimum atomic E-state index is 0.529. The van der Waals surface area contributed by atoms with E-state index in [9.17, 15) is 0 Å². The van der Waals surface area contributed by atoms with Crippen LogP contribution in [0.5, 0.6) is 0 Å². The van der Waals surface area contributed by atoms with Crippen molar-refractivity contribution in [2.45, 2.75) is 6.54 Å². The fraction of sp³-hybridized carbons (Fsp3) is 0.333. The number of hydrogen-bond acceptors (Lipinski definition) is 5. The molecule has 1 fully saturated rings. The molecular weight excluding hydrogens is 250 g/mol. The van der Waals surface area contributed by atoms with E-state index in [4.69, 9.17) is 5.73 Å². The molecular formula is C15H19N5. The predicted octanol–water partition coefficient (Wildman–Crippen LogP) is 1.38. The average Bonchev–Trinajstić information content (AvgIpc) is 2.49. The van der Waals surface area contributed by atoms with E-state index in [1.165, 1.54) is 11.9 Å². The highest BCUT2D eigenvalue weighted by Gasteiger charge is 2.18. The van der Waals surface area contributed by atoms with Crippen LogP contribution in [-0.4, -0.2) is 41.0 Å². The first-order valence-electron chi connectivity index (χ1n) is 6.90. The molecule has 2 aromatic rings. The summed E-state index contributed by atoms with van der Waals surface area (Å²) in [6.07, 6.45) is 1.53. The minimum absolute atomic E-state index is 0.529. The van der Waals surface area contributed by atoms with Gasteiger partial charge >= 0.3 is 0 Å². The third kappa shape index (κ3) is 3.05. The van der Waals surface area contributed by atoms with Crippen molar-refractivity contribution in [2.24, 2.45) is 0 Å². The Morgan fingerprint density at radius 3 is 2.45 bits per heavy atom. The largest absolute Gasteiger partial charge is 0.384 e. The first-order chi connectivity index (χ1) is 9.81. The molecule has 0 spiro atoms. The van der Waals surface area contributed by atoms with Crippen molar-refractivity contribution >= 4 is 11.6 Å². The van der Waals surface area contributed by atoms with Crippen LogP contribution in [0.3, 0.4) is 0 Å². The third-order valence-corrected chi connectivity index (χ3v) is 3.62. The van der Waals surface area contributed by atoms with Gasteiger partial charge in [0, 0.05) is 38.8 Å². The first-order valence-corrected chi connectivity index (χ1v) is 6.90. The predicted molar refractivity (Wildman–Crippen MR) is 80.4 cm³/mol. The van der Waals surface area contributed by atoms with E-state index in [0.29, 0.717) is 5.82 Å². The summed E-state index contributed by atoms with van der Waals surface area (Å²) >= 11 is 0. The molecule has 5 heteroatoms. The smallest absolute Gasteiger partial charge is 0.134 e. The van der Waals surface area contributed by atoms with E-state index < -0.39 is 0 Å². The highest BCUT2D eigenvalue weighted by atomic mass is 15.3. The summed E-state index contributed by atoms with van der Waals surface area (Å²) in [6, 6.07) is 12.4. The second-order valence-corrected chi connectivity index (χ2v) is 5.05. The molecule has 0 bridgehead atoms. The fourth-order valence-electron chi connectivity index (χ4n) is 2.51. The van der Waals surface area contributed by atoms with E-state index in [0.717, 1.165) is 38.5 Å². The maximum absolute atomic E-state index is 5.71. The van der Waals surface area contributed by atoms with Gasteiger partial charge in [-0.15, -0.1) is 0 Å². The number of anilines is 2. The lowest BCUT2D eigenvalue weighted by molar-refractivity contribution is 0.249. The Hall–Kier alpha value is -2.14. The molecule has 1 aromatic heterocycles. The molecule has 20 heavy (non-hydrogen) atoms. The van der Waals surface area contributed by atoms with Gasteiger partial charge in [-0.1, -0.05) is 30.3 Å². The monoisotopic (exact) mass is 269 g/mol. The van der Waals surface area contributed by atoms with E-state index in [1.54, 1.807) is 0 Å². The zero-order valence-corrected chi connectivity index (χ0v) is 11.4. The normalized spacial score (nSPS) is 16.3. The summed E-state index contributed by atoms with van der Waals surface area (Å²) in [4.78, 5) is 13.0. The second kappa shape index (κ2) is 5.88. The summed E-state index contributed by atoms with van der Waals surface area (Å²) in [6.45, 7) is 5.05. The molecule has 0 atom stereocenters. The molecule has 2 heterocycles. The molecule has 1 saturated heterocycles. The Labute approximate surface area is 119 Å². The van der Waals surface area contributed by atoms with Gasteiger partial charge in [0.2, 0.25) is 0 Å². The highest BCUT2D eigenvalue weighted by Crippen LogP contribution is 2.15. The number of nitrogens with zero attached hydrogens (tertiary/aromatic N) is 4. The summed E-state index contributed by atoms with van der Waals surface area (Å²) in [5.74, 6) is 1.46. The molecule has 0 amide bonds. The summed E-state index contributed by atoms with van der Waals surface area (Å²) in [5.41, 5.74) is 7.07. The molecule has 0 unspecified atom stereocenters. The standard InChI is InChI=1S/C15H19N5/c16-14-10-15(18-12-17-14)20-8-6-19(7-9-20)11-13-4-2-1-3-5-13/h1-5,10,12H,6-9,11H2,(H2,16,17,18). The molecule has 1 aliphatic heterocycles. The van der Waals surface area contributed by atoms with Crippen molar-refractivity contribution in [1.82, 2.24) is 14.9 Å². The van der Waals surface area contributed by atoms with Gasteiger partial charge in [-0.2, -0.15) is 0 Å². The summed E-state index contributed by atoms with van der Waals surface area (Å²) in [7, 11) is 0. The summed E-state index contributed by atoms with van der Waals surface area (Å²) < 4.78 is 0. The van der Waals surface area contributed by atoms with Gasteiger partial charge in [0.15, 0.2) is 0 Å². The second-order valence-electron chi connectivity index (χ2n) is 5.05. The minimum Gasteiger partial charge on any atom is -0.384 e. The Kier molecular flexibility index (Phi) is 3.78. The molecule has 1 aliphatic rings. The SMILES string of the molecule is Nc1cc(N2CCN(Cc3ccccc3)CC2)ncn1. The number of nitrogen functional groups attached to an aromatic ring is 1. The van der Waals surface area contributed by atoms with Crippen LogP contribution in [0.2, 0.25) is 0 Å². The highest BCUT2D eigenvalue weighted by molar-refractivity contribution is 5.46. The van der Waals surface area contributed by atoms with Gasteiger partial charge in [0.1, 0.15) is 18.0 Å². The topological polar surface area (TPSA) is 58.3 Å². The lowest BCUT2D eigenvalue weighted by Gasteiger charge is -2.35. The number of rotatable bonds is 3. The summed E-state index contributed by atoms with van der Waals surface area (Å²) in [5, 5.41) is 0. The average molecular weight is 269 g/mol. The van der Waals surface area contributed by atoms with Crippen LogP contribution in [0.1, 0.15) is 5.56 Å². The molecule has 0 saturated carbocycles. The van der Waals surface area contributed by atoms with Crippen molar-refractivity contribution in [3.8, 4) is 0 Å². The fourth-order valence-corrected chi connectivity index (χ4v) is 2.51. The van der Waals surface area contributed by atoms with Gasteiger partial charge in [-0.3, -0.25) is 4.90 Å². The van der Waals surface area contributed by atoms with E-state index in [2.05, 4.69) is 50.1 Å². The lowest BCUT2D eigenvalue weighted by atomic mass is 10.2. The molecule has 104 valence electrons. The Morgan fingerprint density at radius 2 is 1.75 bits per heavy atom. The van der Waals surface area contributed by atoms with Crippen LogP contribution in [0.25, 0.3) is 0 Å². The van der Waals surface area contributed by atoms with E-state index >= 15 is 0 Å². The van der Waals surface area contributed by atoms with Crippen molar-refractivity contribution in [2.75, 3.05) is 36.8 Å². The lowest BCUT2D eigenvalue weighted by Crippen LogP contribution is -2.46. The number of benzene rings is 1. The van der Waals surface area contributed by atoms with Crippen molar-refractivity contribution in [3.63, 3.8) is 0 Å². The number of piperazine rings is 1. The maximum Gasteiger partial charge on any atom is 0.134 e. The van der Waals surface area contributed by atoms with E-state index in [-0.39, 0.29) is 0 Å². The van der Waals surface area contributed by atoms with Crippen LogP contribution in [-0.2, 0) is 6.54 Å². The Morgan fingerprint density at radius 1 is 1.00 bits per heavy atom. The third-order valence-electron chi connectivity index (χ3n) is 3.62. The van der Waals surface area contributed by atoms with Gasteiger partial charge in [-0.05, 0) is 5.56 Å². The van der Waals surface area contributed by atoms with Crippen LogP contribution in [0.15, 0.2) is 42.7 Å². The molecule has 0 aliphatic carbocycles. The van der Waals surface area contributed by atoms with E-state index in [1.807, 2.05) is 6.07 Å². The zero-order valence-electron chi connectivity index (χ0n) is 11.4. The quantitative estimate of drug-likeness (QED) is 0.912. The first kappa shape index (κ1) is 12.9. The Balaban J connectivity index is 1.57. The van der Waals surface area contributed by atoms with Gasteiger partial charge in [0.05, 0.1) is 0 Å². The number of aromatic nitrogens is 2. The maximum atomic E-state index is 5.71. The van der Waals surface area contributed by atoms with Crippen molar-refractivity contribution in [1.29, 1.82) is 0 Å². The van der Waals surface area contributed by atoms with Crippen LogP contribution in [0, 0.1) is 0 Å². The molecule has 1 aromatic carbocycles. The number of hydrogen-bond donors (Lipinski definition) is 1. The molecule has 5 nitrogen and oxygen atoms in total. The van der Waals surface area contributed by atoms with Crippen LogP contribution in [0.4, 0.5) is 11.6 Å². The van der Waals surface area contributed by atoms with Crippen molar-refractivity contribution < 1.29 is 0 Å².